The minimum atomic E-state index is -4.54. The summed E-state index contributed by atoms with van der Waals surface area (Å²) in [5, 5.41) is 4.39. The van der Waals surface area contributed by atoms with Crippen LogP contribution in [0.3, 0.4) is 0 Å². The predicted octanol–water partition coefficient (Wildman–Crippen LogP) is 5.50. The summed E-state index contributed by atoms with van der Waals surface area (Å²) >= 11 is 0. The number of para-hydroxylation sites is 1. The molecular weight excluding hydrogens is 474 g/mol. The van der Waals surface area contributed by atoms with Crippen LogP contribution in [0.15, 0.2) is 48.7 Å². The first-order chi connectivity index (χ1) is 17.0. The summed E-state index contributed by atoms with van der Waals surface area (Å²) in [6.07, 6.45) is -2.17. The van der Waals surface area contributed by atoms with Gasteiger partial charge in [-0.05, 0) is 43.5 Å². The second kappa shape index (κ2) is 8.53. The van der Waals surface area contributed by atoms with Crippen molar-refractivity contribution in [2.45, 2.75) is 45.1 Å². The van der Waals surface area contributed by atoms with Crippen molar-refractivity contribution in [2.75, 3.05) is 22.9 Å². The molecule has 2 aliphatic rings. The van der Waals surface area contributed by atoms with Gasteiger partial charge in [-0.1, -0.05) is 30.3 Å². The quantitative estimate of drug-likeness (QED) is 0.444. The van der Waals surface area contributed by atoms with E-state index in [4.69, 9.17) is 0 Å². The molecule has 190 valence electrons. The average molecular weight is 502 g/mol. The minimum Gasteiger partial charge on any atom is -0.367 e. The first-order valence-corrected chi connectivity index (χ1v) is 11.7. The number of carbonyl (C=O) groups excluding carboxylic acids is 1. The van der Waals surface area contributed by atoms with Gasteiger partial charge < -0.3 is 9.80 Å². The van der Waals surface area contributed by atoms with Gasteiger partial charge in [-0.25, -0.2) is 9.18 Å². The first kappa shape index (κ1) is 24.1. The number of hydrogen-bond acceptors (Lipinski definition) is 3. The SMILES string of the molecule is Cc1cccc(F)c1N1CC[C@](C)(N2Cc3cn(C)nc3N(Cc3ccccc3C(F)(F)F)C2=O)C1. The number of halogens is 4. The third-order valence-electron chi connectivity index (χ3n) is 7.19. The second-order valence-corrected chi connectivity index (χ2v) is 9.84. The lowest BCUT2D eigenvalue weighted by Gasteiger charge is -2.44. The highest BCUT2D eigenvalue weighted by molar-refractivity contribution is 5.94. The number of carbonyl (C=O) groups is 1. The van der Waals surface area contributed by atoms with Gasteiger partial charge in [0, 0.05) is 31.9 Å². The molecule has 2 aliphatic heterocycles. The van der Waals surface area contributed by atoms with E-state index in [0.717, 1.165) is 17.2 Å². The summed E-state index contributed by atoms with van der Waals surface area (Å²) < 4.78 is 57.3. The molecule has 1 atom stereocenters. The Morgan fingerprint density at radius 3 is 2.58 bits per heavy atom. The Bertz CT molecular complexity index is 1300. The van der Waals surface area contributed by atoms with E-state index in [1.807, 2.05) is 24.8 Å². The number of aryl methyl sites for hydroxylation is 2. The molecular formula is C26H27F4N5O. The Hall–Kier alpha value is -3.56. The molecule has 3 heterocycles. The highest BCUT2D eigenvalue weighted by Gasteiger charge is 2.47. The van der Waals surface area contributed by atoms with Crippen LogP contribution in [-0.4, -0.2) is 39.3 Å². The molecule has 2 amide bonds. The van der Waals surface area contributed by atoms with Gasteiger partial charge in [-0.3, -0.25) is 9.58 Å². The maximum Gasteiger partial charge on any atom is 0.416 e. The zero-order valence-corrected chi connectivity index (χ0v) is 20.3. The van der Waals surface area contributed by atoms with E-state index in [1.165, 1.54) is 29.2 Å². The number of rotatable bonds is 4. The zero-order valence-electron chi connectivity index (χ0n) is 20.3. The summed E-state index contributed by atoms with van der Waals surface area (Å²) in [7, 11) is 1.72. The molecule has 6 nitrogen and oxygen atoms in total. The summed E-state index contributed by atoms with van der Waals surface area (Å²) in [5.74, 6) is 0.0447. The van der Waals surface area contributed by atoms with Crippen LogP contribution < -0.4 is 9.80 Å². The number of nitrogens with zero attached hydrogens (tertiary/aromatic N) is 5. The van der Waals surface area contributed by atoms with Crippen molar-refractivity contribution < 1.29 is 22.4 Å². The van der Waals surface area contributed by atoms with Crippen LogP contribution in [0, 0.1) is 12.7 Å². The number of alkyl halides is 3. The van der Waals surface area contributed by atoms with E-state index in [-0.39, 0.29) is 24.5 Å². The number of amides is 2. The molecule has 36 heavy (non-hydrogen) atoms. The molecule has 1 aromatic heterocycles. The van der Waals surface area contributed by atoms with Gasteiger partial charge in [0.25, 0.3) is 0 Å². The molecule has 10 heteroatoms. The number of aromatic nitrogens is 2. The first-order valence-electron chi connectivity index (χ1n) is 11.7. The number of urea groups is 1. The van der Waals surface area contributed by atoms with Gasteiger partial charge in [0.2, 0.25) is 0 Å². The average Bonchev–Trinajstić information content (AvgIpc) is 3.38. The summed E-state index contributed by atoms with van der Waals surface area (Å²) in [5.41, 5.74) is 0.648. The van der Waals surface area contributed by atoms with Gasteiger partial charge in [0.15, 0.2) is 5.82 Å². The normalized spacial score (nSPS) is 20.3. The topological polar surface area (TPSA) is 44.6 Å². The van der Waals surface area contributed by atoms with Crippen molar-refractivity contribution in [1.29, 1.82) is 0 Å². The van der Waals surface area contributed by atoms with Gasteiger partial charge in [-0.15, -0.1) is 0 Å². The zero-order chi connectivity index (χ0) is 25.8. The fraction of sp³-hybridized carbons (Fsp3) is 0.385. The molecule has 0 aliphatic carbocycles. The van der Waals surface area contributed by atoms with Crippen molar-refractivity contribution >= 4 is 17.5 Å². The predicted molar refractivity (Wildman–Crippen MR) is 128 cm³/mol. The Morgan fingerprint density at radius 1 is 1.11 bits per heavy atom. The van der Waals surface area contributed by atoms with Gasteiger partial charge in [-0.2, -0.15) is 18.3 Å². The van der Waals surface area contributed by atoms with Crippen molar-refractivity contribution in [3.8, 4) is 0 Å². The monoisotopic (exact) mass is 501 g/mol. The number of hydrogen-bond donors (Lipinski definition) is 0. The summed E-state index contributed by atoms with van der Waals surface area (Å²) in [4.78, 5) is 18.8. The van der Waals surface area contributed by atoms with Gasteiger partial charge >= 0.3 is 12.2 Å². The Morgan fingerprint density at radius 2 is 1.86 bits per heavy atom. The lowest BCUT2D eigenvalue weighted by atomic mass is 9.97. The molecule has 0 saturated carbocycles. The molecule has 5 rings (SSSR count). The Balaban J connectivity index is 1.49. The lowest BCUT2D eigenvalue weighted by Crippen LogP contribution is -2.57. The molecule has 0 spiro atoms. The highest BCUT2D eigenvalue weighted by atomic mass is 19.4. The molecule has 0 bridgehead atoms. The van der Waals surface area contributed by atoms with E-state index in [0.29, 0.717) is 31.0 Å². The lowest BCUT2D eigenvalue weighted by molar-refractivity contribution is -0.138. The van der Waals surface area contributed by atoms with E-state index < -0.39 is 23.3 Å². The van der Waals surface area contributed by atoms with E-state index in [9.17, 15) is 22.4 Å². The van der Waals surface area contributed by atoms with Crippen molar-refractivity contribution in [1.82, 2.24) is 14.7 Å². The fourth-order valence-electron chi connectivity index (χ4n) is 5.39. The van der Waals surface area contributed by atoms with E-state index in [1.54, 1.807) is 28.9 Å². The van der Waals surface area contributed by atoms with Crippen LogP contribution in [-0.2, 0) is 26.3 Å². The third kappa shape index (κ3) is 4.08. The molecule has 1 saturated heterocycles. The molecule has 1 fully saturated rings. The third-order valence-corrected chi connectivity index (χ3v) is 7.19. The number of anilines is 2. The van der Waals surface area contributed by atoms with Gasteiger partial charge in [0.05, 0.1) is 29.9 Å². The van der Waals surface area contributed by atoms with Crippen LogP contribution in [0.1, 0.15) is 35.6 Å². The van der Waals surface area contributed by atoms with E-state index >= 15 is 0 Å². The Labute approximate surface area is 206 Å². The van der Waals surface area contributed by atoms with Crippen LogP contribution in [0.2, 0.25) is 0 Å². The largest absolute Gasteiger partial charge is 0.416 e. The van der Waals surface area contributed by atoms with Crippen LogP contribution in [0.4, 0.5) is 33.9 Å². The molecule has 0 N–H and O–H groups in total. The molecule has 2 aromatic carbocycles. The molecule has 3 aromatic rings. The maximum absolute atomic E-state index is 14.7. The van der Waals surface area contributed by atoms with Crippen LogP contribution in [0.25, 0.3) is 0 Å². The standard InChI is InChI=1S/C26H27F4N5O/c1-17-7-6-10-21(27)22(17)33-12-11-25(2,16-33)35-15-19-13-32(3)31-23(19)34(24(35)36)14-18-8-4-5-9-20(18)26(28,29)30/h4-10,13H,11-12,14-16H2,1-3H3/t25-/m0/s1. The molecule has 0 radical (unpaired) electrons. The van der Waals surface area contributed by atoms with E-state index in [2.05, 4.69) is 5.10 Å². The fourth-order valence-corrected chi connectivity index (χ4v) is 5.39. The summed E-state index contributed by atoms with van der Waals surface area (Å²) in [6.45, 7) is 4.77. The summed E-state index contributed by atoms with van der Waals surface area (Å²) in [6, 6.07) is 9.80. The second-order valence-electron chi connectivity index (χ2n) is 9.84. The minimum absolute atomic E-state index is 0.00279. The van der Waals surface area contributed by atoms with Crippen LogP contribution in [0.5, 0.6) is 0 Å². The van der Waals surface area contributed by atoms with Crippen molar-refractivity contribution in [2.24, 2.45) is 7.05 Å². The number of benzene rings is 2. The van der Waals surface area contributed by atoms with Crippen molar-refractivity contribution in [3.05, 3.63) is 76.7 Å². The highest BCUT2D eigenvalue weighted by Crippen LogP contribution is 2.40. The van der Waals surface area contributed by atoms with Gasteiger partial charge in [0.1, 0.15) is 5.82 Å². The van der Waals surface area contributed by atoms with Crippen molar-refractivity contribution in [3.63, 3.8) is 0 Å². The molecule has 0 unspecified atom stereocenters. The van der Waals surface area contributed by atoms with Crippen LogP contribution >= 0.6 is 0 Å². The Kier molecular flexibility index (Phi) is 5.72. The smallest absolute Gasteiger partial charge is 0.367 e. The number of fused-ring (bicyclic) bond motifs is 1. The maximum atomic E-state index is 14.7.